The number of methoxy groups -OCH3 is 2. The summed E-state index contributed by atoms with van der Waals surface area (Å²) < 4.78 is 15.7. The summed E-state index contributed by atoms with van der Waals surface area (Å²) in [6, 6.07) is 12.3. The molecular formula is C16H16ClNO4. The molecule has 0 bridgehead atoms. The third-order valence-corrected chi connectivity index (χ3v) is 3.16. The second kappa shape index (κ2) is 7.56. The van der Waals surface area contributed by atoms with Gasteiger partial charge in [0.2, 0.25) is 0 Å². The van der Waals surface area contributed by atoms with E-state index in [1.54, 1.807) is 24.3 Å². The van der Waals surface area contributed by atoms with E-state index in [2.05, 4.69) is 5.32 Å². The summed E-state index contributed by atoms with van der Waals surface area (Å²) in [7, 11) is 2.99. The lowest BCUT2D eigenvalue weighted by atomic mass is 10.2. The van der Waals surface area contributed by atoms with Crippen LogP contribution >= 0.6 is 11.6 Å². The number of hydrogen-bond acceptors (Lipinski definition) is 4. The number of carbonyl (C=O) groups excluding carboxylic acids is 1. The Bertz CT molecular complexity index is 646. The first-order valence-corrected chi connectivity index (χ1v) is 6.91. The van der Waals surface area contributed by atoms with Gasteiger partial charge in [0.25, 0.3) is 5.91 Å². The summed E-state index contributed by atoms with van der Waals surface area (Å²) in [5, 5.41) is 3.11. The smallest absolute Gasteiger partial charge is 0.262 e. The Balaban J connectivity index is 2.04. The second-order valence-corrected chi connectivity index (χ2v) is 4.74. The Morgan fingerprint density at radius 3 is 2.41 bits per heavy atom. The summed E-state index contributed by atoms with van der Waals surface area (Å²) in [5.41, 5.74) is 0.463. The average Bonchev–Trinajstić information content (AvgIpc) is 2.55. The predicted octanol–water partition coefficient (Wildman–Crippen LogP) is 3.37. The lowest BCUT2D eigenvalue weighted by molar-refractivity contribution is -0.118. The third-order valence-electron chi connectivity index (χ3n) is 2.86. The fourth-order valence-electron chi connectivity index (χ4n) is 1.81. The molecule has 0 aliphatic carbocycles. The molecule has 5 nitrogen and oxygen atoms in total. The third kappa shape index (κ3) is 4.05. The maximum Gasteiger partial charge on any atom is 0.262 e. The maximum absolute atomic E-state index is 12.0. The monoisotopic (exact) mass is 321 g/mol. The summed E-state index contributed by atoms with van der Waals surface area (Å²) in [6.07, 6.45) is 0. The molecule has 0 heterocycles. The van der Waals surface area contributed by atoms with E-state index in [1.165, 1.54) is 14.2 Å². The molecule has 0 atom stereocenters. The molecule has 0 radical (unpaired) electrons. The molecule has 0 aliphatic heterocycles. The molecule has 0 spiro atoms. The number of benzene rings is 2. The normalized spacial score (nSPS) is 9.95. The molecule has 0 saturated carbocycles. The van der Waals surface area contributed by atoms with Gasteiger partial charge in [-0.15, -0.1) is 0 Å². The molecule has 0 saturated heterocycles. The molecule has 116 valence electrons. The van der Waals surface area contributed by atoms with Crippen LogP contribution in [0.4, 0.5) is 5.69 Å². The summed E-state index contributed by atoms with van der Waals surface area (Å²) in [4.78, 5) is 12.0. The highest BCUT2D eigenvalue weighted by atomic mass is 35.5. The van der Waals surface area contributed by atoms with E-state index >= 15 is 0 Å². The molecule has 2 aromatic carbocycles. The highest BCUT2D eigenvalue weighted by molar-refractivity contribution is 6.32. The van der Waals surface area contributed by atoms with Gasteiger partial charge in [0.05, 0.1) is 24.9 Å². The summed E-state index contributed by atoms with van der Waals surface area (Å²) in [6.45, 7) is -0.113. The highest BCUT2D eigenvalue weighted by Crippen LogP contribution is 2.35. The molecule has 22 heavy (non-hydrogen) atoms. The summed E-state index contributed by atoms with van der Waals surface area (Å²) >= 11 is 6.02. The van der Waals surface area contributed by atoms with E-state index in [1.807, 2.05) is 18.2 Å². The quantitative estimate of drug-likeness (QED) is 0.886. The molecule has 0 fully saturated rings. The first-order chi connectivity index (χ1) is 10.6. The van der Waals surface area contributed by atoms with Crippen molar-refractivity contribution >= 4 is 23.2 Å². The van der Waals surface area contributed by atoms with Crippen LogP contribution in [0.5, 0.6) is 17.2 Å². The largest absolute Gasteiger partial charge is 0.495 e. The minimum atomic E-state index is -0.313. The fraction of sp³-hybridized carbons (Fsp3) is 0.188. The lowest BCUT2D eigenvalue weighted by Crippen LogP contribution is -2.20. The van der Waals surface area contributed by atoms with Gasteiger partial charge < -0.3 is 19.5 Å². The van der Waals surface area contributed by atoms with E-state index in [-0.39, 0.29) is 12.5 Å². The fourth-order valence-corrected chi connectivity index (χ4v) is 2.04. The van der Waals surface area contributed by atoms with Crippen molar-refractivity contribution in [3.8, 4) is 17.2 Å². The van der Waals surface area contributed by atoms with Crippen molar-refractivity contribution in [1.29, 1.82) is 0 Å². The molecule has 0 unspecified atom stereocenters. The van der Waals surface area contributed by atoms with Crippen LogP contribution in [0.25, 0.3) is 0 Å². The first-order valence-electron chi connectivity index (χ1n) is 6.53. The average molecular weight is 322 g/mol. The number of hydrogen-bond donors (Lipinski definition) is 1. The second-order valence-electron chi connectivity index (χ2n) is 4.34. The number of halogens is 1. The Kier molecular flexibility index (Phi) is 5.49. The Hall–Kier alpha value is -2.40. The lowest BCUT2D eigenvalue weighted by Gasteiger charge is -2.13. The number of anilines is 1. The van der Waals surface area contributed by atoms with Gasteiger partial charge in [-0.2, -0.15) is 0 Å². The van der Waals surface area contributed by atoms with Crippen molar-refractivity contribution in [2.24, 2.45) is 0 Å². The van der Waals surface area contributed by atoms with Crippen LogP contribution in [0.3, 0.4) is 0 Å². The van der Waals surface area contributed by atoms with Crippen molar-refractivity contribution in [3.63, 3.8) is 0 Å². The van der Waals surface area contributed by atoms with Crippen LogP contribution in [-0.4, -0.2) is 26.7 Å². The standard InChI is InChI=1S/C16H16ClNO4/c1-20-14-9-13(15(21-2)8-12(14)17)18-16(19)10-22-11-6-4-3-5-7-11/h3-9H,10H2,1-2H3,(H,18,19). The van der Waals surface area contributed by atoms with Crippen LogP contribution in [0, 0.1) is 0 Å². The van der Waals surface area contributed by atoms with Gasteiger partial charge in [-0.3, -0.25) is 4.79 Å². The zero-order valence-electron chi connectivity index (χ0n) is 12.3. The van der Waals surface area contributed by atoms with Crippen molar-refractivity contribution in [2.45, 2.75) is 0 Å². The molecule has 0 aromatic heterocycles. The molecule has 1 N–H and O–H groups in total. The Labute approximate surface area is 133 Å². The molecule has 2 rings (SSSR count). The van der Waals surface area contributed by atoms with Crippen LogP contribution in [0.2, 0.25) is 5.02 Å². The number of para-hydroxylation sites is 1. The number of ether oxygens (including phenoxy) is 3. The Morgan fingerprint density at radius 1 is 1.09 bits per heavy atom. The maximum atomic E-state index is 12.0. The van der Waals surface area contributed by atoms with Gasteiger partial charge in [-0.05, 0) is 12.1 Å². The van der Waals surface area contributed by atoms with Gasteiger partial charge >= 0.3 is 0 Å². The Morgan fingerprint density at radius 2 is 1.77 bits per heavy atom. The number of carbonyl (C=O) groups is 1. The van der Waals surface area contributed by atoms with Crippen molar-refractivity contribution in [1.82, 2.24) is 0 Å². The van der Waals surface area contributed by atoms with E-state index in [9.17, 15) is 4.79 Å². The molecule has 1 amide bonds. The van der Waals surface area contributed by atoms with E-state index in [0.29, 0.717) is 28.0 Å². The van der Waals surface area contributed by atoms with E-state index in [0.717, 1.165) is 0 Å². The van der Waals surface area contributed by atoms with Gasteiger partial charge in [0.1, 0.15) is 17.2 Å². The van der Waals surface area contributed by atoms with E-state index in [4.69, 9.17) is 25.8 Å². The molecular weight excluding hydrogens is 306 g/mol. The number of rotatable bonds is 6. The van der Waals surface area contributed by atoms with Crippen molar-refractivity contribution < 1.29 is 19.0 Å². The topological polar surface area (TPSA) is 56.8 Å². The first kappa shape index (κ1) is 16.0. The van der Waals surface area contributed by atoms with Crippen molar-refractivity contribution in [3.05, 3.63) is 47.5 Å². The van der Waals surface area contributed by atoms with Gasteiger partial charge in [-0.25, -0.2) is 0 Å². The van der Waals surface area contributed by atoms with Crippen LogP contribution < -0.4 is 19.5 Å². The van der Waals surface area contributed by atoms with Gasteiger partial charge in [-0.1, -0.05) is 29.8 Å². The van der Waals surface area contributed by atoms with Crippen molar-refractivity contribution in [2.75, 3.05) is 26.1 Å². The predicted molar refractivity (Wildman–Crippen MR) is 85.1 cm³/mol. The van der Waals surface area contributed by atoms with Crippen LogP contribution in [0.15, 0.2) is 42.5 Å². The number of amides is 1. The minimum absolute atomic E-state index is 0.113. The minimum Gasteiger partial charge on any atom is -0.495 e. The summed E-state index contributed by atoms with van der Waals surface area (Å²) in [5.74, 6) is 1.20. The SMILES string of the molecule is COc1cc(NC(=O)COc2ccccc2)c(OC)cc1Cl. The highest BCUT2D eigenvalue weighted by Gasteiger charge is 2.13. The van der Waals surface area contributed by atoms with Gasteiger partial charge in [0, 0.05) is 12.1 Å². The van der Waals surface area contributed by atoms with Crippen LogP contribution in [-0.2, 0) is 4.79 Å². The molecule has 0 aliphatic rings. The zero-order valence-corrected chi connectivity index (χ0v) is 13.0. The molecule has 2 aromatic rings. The van der Waals surface area contributed by atoms with Crippen LogP contribution in [0.1, 0.15) is 0 Å². The number of nitrogens with one attached hydrogen (secondary N) is 1. The van der Waals surface area contributed by atoms with E-state index < -0.39 is 0 Å². The zero-order chi connectivity index (χ0) is 15.9. The van der Waals surface area contributed by atoms with Gasteiger partial charge in [0.15, 0.2) is 6.61 Å². The molecule has 6 heteroatoms.